The molecule has 0 aliphatic heterocycles. The van der Waals surface area contributed by atoms with Gasteiger partial charge < -0.3 is 6.15 Å². The van der Waals surface area contributed by atoms with E-state index in [1.54, 1.807) is 0 Å². The highest BCUT2D eigenvalue weighted by atomic mass is 32.2. The van der Waals surface area contributed by atoms with Gasteiger partial charge in [0.1, 0.15) is 0 Å². The smallest absolute Gasteiger partial charge is 0.297 e. The minimum absolute atomic E-state index is 0. The molecule has 0 heterocycles. The first-order valence-corrected chi connectivity index (χ1v) is 4.73. The fourth-order valence-corrected chi connectivity index (χ4v) is 1.18. The first kappa shape index (κ1) is 13.4. The molecule has 0 saturated carbocycles. The van der Waals surface area contributed by atoms with Crippen LogP contribution in [0.3, 0.4) is 0 Å². The Hall–Kier alpha value is -0.200. The second-order valence-electron chi connectivity index (χ2n) is 2.03. The van der Waals surface area contributed by atoms with Crippen molar-refractivity contribution in [1.29, 1.82) is 0 Å². The standard InChI is InChI=1S/C5H11FO3S.H3N/c1-2-3-4-5-10(7,8)9-6;/h2-5H2,1H3;1H3. The normalized spacial score (nSPS) is 10.7. The third-order valence-electron chi connectivity index (χ3n) is 1.09. The summed E-state index contributed by atoms with van der Waals surface area (Å²) in [5.41, 5.74) is 0. The van der Waals surface area contributed by atoms with Crippen molar-refractivity contribution in [2.45, 2.75) is 26.2 Å². The molecule has 6 heteroatoms. The van der Waals surface area contributed by atoms with Crippen LogP contribution in [0.2, 0.25) is 0 Å². The maximum atomic E-state index is 11.1. The molecule has 0 aromatic carbocycles. The van der Waals surface area contributed by atoms with Gasteiger partial charge in [-0.3, -0.25) is 0 Å². The average Bonchev–Trinajstić information content (AvgIpc) is 1.89. The van der Waals surface area contributed by atoms with Gasteiger partial charge in [0.2, 0.25) is 0 Å². The van der Waals surface area contributed by atoms with Crippen molar-refractivity contribution in [3.63, 3.8) is 0 Å². The predicted molar refractivity (Wildman–Crippen MR) is 40.5 cm³/mol. The summed E-state index contributed by atoms with van der Waals surface area (Å²) in [7, 11) is -3.86. The Morgan fingerprint density at radius 2 is 1.91 bits per heavy atom. The molecule has 0 aliphatic carbocycles. The Morgan fingerprint density at radius 3 is 2.27 bits per heavy atom. The molecule has 0 radical (unpaired) electrons. The summed E-state index contributed by atoms with van der Waals surface area (Å²) in [6.45, 7) is 1.93. The lowest BCUT2D eigenvalue weighted by molar-refractivity contribution is 0.00289. The molecule has 0 fully saturated rings. The van der Waals surface area contributed by atoms with Gasteiger partial charge in [-0.1, -0.05) is 24.2 Å². The minimum atomic E-state index is -3.86. The third-order valence-corrected chi connectivity index (χ3v) is 2.07. The van der Waals surface area contributed by atoms with Gasteiger partial charge in [-0.05, 0) is 10.9 Å². The molecule has 3 N–H and O–H groups in total. The molecule has 0 bridgehead atoms. The molecule has 70 valence electrons. The summed E-state index contributed by atoms with van der Waals surface area (Å²) in [4.78, 5) is 0. The van der Waals surface area contributed by atoms with E-state index in [9.17, 15) is 12.9 Å². The van der Waals surface area contributed by atoms with E-state index in [-0.39, 0.29) is 11.9 Å². The number of rotatable bonds is 5. The van der Waals surface area contributed by atoms with Crippen molar-refractivity contribution < 1.29 is 17.3 Å². The molecule has 0 aromatic heterocycles. The zero-order chi connectivity index (χ0) is 8.04. The fraction of sp³-hybridized carbons (Fsp3) is 1.00. The molecule has 0 amide bonds. The van der Waals surface area contributed by atoms with E-state index < -0.39 is 10.1 Å². The van der Waals surface area contributed by atoms with Crippen molar-refractivity contribution in [2.24, 2.45) is 0 Å². The highest BCUT2D eigenvalue weighted by Gasteiger charge is 2.09. The maximum absolute atomic E-state index is 11.1. The van der Waals surface area contributed by atoms with Gasteiger partial charge in [-0.25, -0.2) is 0 Å². The molecular weight excluding hydrogens is 173 g/mol. The van der Waals surface area contributed by atoms with Crippen LogP contribution in [-0.2, 0) is 14.5 Å². The molecule has 4 nitrogen and oxygen atoms in total. The molecular formula is C5H14FNO3S. The van der Waals surface area contributed by atoms with Crippen molar-refractivity contribution in [3.05, 3.63) is 0 Å². The lowest BCUT2D eigenvalue weighted by Crippen LogP contribution is -2.05. The van der Waals surface area contributed by atoms with Gasteiger partial charge in [0.05, 0.1) is 5.75 Å². The summed E-state index contributed by atoms with van der Waals surface area (Å²) >= 11 is 0. The van der Waals surface area contributed by atoms with E-state index in [0.29, 0.717) is 6.42 Å². The zero-order valence-corrected chi connectivity index (χ0v) is 7.36. The summed E-state index contributed by atoms with van der Waals surface area (Å²) in [5, 5.41) is 0. The SMILES string of the molecule is CCCCCS(=O)(=O)OF.N. The zero-order valence-electron chi connectivity index (χ0n) is 6.55. The van der Waals surface area contributed by atoms with Crippen molar-refractivity contribution in [1.82, 2.24) is 6.15 Å². The van der Waals surface area contributed by atoms with Crippen LogP contribution in [0.4, 0.5) is 4.53 Å². The summed E-state index contributed by atoms with van der Waals surface area (Å²) in [6, 6.07) is 0. The summed E-state index contributed by atoms with van der Waals surface area (Å²) < 4.78 is 34.4. The molecule has 0 atom stereocenters. The van der Waals surface area contributed by atoms with E-state index in [4.69, 9.17) is 0 Å². The van der Waals surface area contributed by atoms with Gasteiger partial charge in [0.25, 0.3) is 10.1 Å². The van der Waals surface area contributed by atoms with E-state index in [1.165, 1.54) is 0 Å². The van der Waals surface area contributed by atoms with Gasteiger partial charge >= 0.3 is 0 Å². The van der Waals surface area contributed by atoms with Crippen LogP contribution in [-0.4, -0.2) is 14.2 Å². The average molecular weight is 187 g/mol. The van der Waals surface area contributed by atoms with Crippen molar-refractivity contribution in [3.8, 4) is 0 Å². The molecule has 0 spiro atoms. The number of halogens is 1. The van der Waals surface area contributed by atoms with Gasteiger partial charge in [0, 0.05) is 0 Å². The van der Waals surface area contributed by atoms with Gasteiger partial charge in [-0.15, -0.1) is 0 Å². The van der Waals surface area contributed by atoms with Crippen molar-refractivity contribution in [2.75, 3.05) is 5.75 Å². The van der Waals surface area contributed by atoms with Gasteiger partial charge in [-0.2, -0.15) is 8.42 Å². The molecule has 0 aliphatic rings. The lowest BCUT2D eigenvalue weighted by atomic mass is 10.3. The number of unbranched alkanes of at least 4 members (excludes halogenated alkanes) is 2. The molecule has 0 unspecified atom stereocenters. The van der Waals surface area contributed by atoms with Crippen molar-refractivity contribution >= 4 is 10.1 Å². The van der Waals surface area contributed by atoms with Crippen LogP contribution in [0.1, 0.15) is 26.2 Å². The second kappa shape index (κ2) is 6.51. The first-order valence-electron chi connectivity index (χ1n) is 3.15. The highest BCUT2D eigenvalue weighted by molar-refractivity contribution is 7.86. The maximum Gasteiger partial charge on any atom is 0.297 e. The van der Waals surface area contributed by atoms with Crippen LogP contribution < -0.4 is 6.15 Å². The minimum Gasteiger partial charge on any atom is -0.344 e. The largest absolute Gasteiger partial charge is 0.344 e. The number of hydrogen-bond acceptors (Lipinski definition) is 4. The Kier molecular flexibility index (Phi) is 7.92. The Labute approximate surface area is 66.3 Å². The van der Waals surface area contributed by atoms with E-state index in [1.807, 2.05) is 6.92 Å². The second-order valence-corrected chi connectivity index (χ2v) is 3.68. The Balaban J connectivity index is 0. The molecule has 0 saturated heterocycles. The third kappa shape index (κ3) is 7.70. The number of hydrogen-bond donors (Lipinski definition) is 1. The summed E-state index contributed by atoms with van der Waals surface area (Å²) in [5.74, 6) is -0.225. The predicted octanol–water partition coefficient (Wildman–Crippen LogP) is 1.57. The van der Waals surface area contributed by atoms with Crippen LogP contribution in [0.25, 0.3) is 0 Å². The van der Waals surface area contributed by atoms with E-state index in [0.717, 1.165) is 12.8 Å². The quantitative estimate of drug-likeness (QED) is 0.662. The highest BCUT2D eigenvalue weighted by Crippen LogP contribution is 2.00. The monoisotopic (exact) mass is 187 g/mol. The lowest BCUT2D eigenvalue weighted by Gasteiger charge is -1.94. The summed E-state index contributed by atoms with van der Waals surface area (Å²) in [6.07, 6.45) is 2.15. The van der Waals surface area contributed by atoms with E-state index in [2.05, 4.69) is 4.39 Å². The van der Waals surface area contributed by atoms with E-state index >= 15 is 0 Å². The molecule has 0 rings (SSSR count). The van der Waals surface area contributed by atoms with Crippen LogP contribution in [0.5, 0.6) is 0 Å². The first-order chi connectivity index (χ1) is 4.62. The van der Waals surface area contributed by atoms with Crippen LogP contribution in [0, 0.1) is 0 Å². The Morgan fingerprint density at radius 1 is 1.36 bits per heavy atom. The van der Waals surface area contributed by atoms with Crippen LogP contribution >= 0.6 is 0 Å². The topological polar surface area (TPSA) is 78.4 Å². The fourth-order valence-electron chi connectivity index (χ4n) is 0.560. The molecule has 0 aromatic rings. The Bertz CT molecular complexity index is 169. The molecule has 11 heavy (non-hydrogen) atoms. The van der Waals surface area contributed by atoms with Gasteiger partial charge in [0.15, 0.2) is 0 Å². The van der Waals surface area contributed by atoms with Crippen LogP contribution in [0.15, 0.2) is 0 Å².